The number of carbonyl (C=O) groups is 1. The molecule has 3 N–H and O–H groups in total. The summed E-state index contributed by atoms with van der Waals surface area (Å²) in [5.74, 6) is 0.683. The lowest BCUT2D eigenvalue weighted by atomic mass is 10.1. The molecule has 122 valence electrons. The van der Waals surface area contributed by atoms with E-state index in [4.69, 9.17) is 4.74 Å². The van der Waals surface area contributed by atoms with Crippen molar-refractivity contribution >= 4 is 11.7 Å². The van der Waals surface area contributed by atoms with E-state index in [2.05, 4.69) is 15.5 Å². The summed E-state index contributed by atoms with van der Waals surface area (Å²) >= 11 is 0. The number of hydrogen-bond donors (Lipinski definition) is 3. The molecule has 1 aliphatic rings. The van der Waals surface area contributed by atoms with Gasteiger partial charge in [0.25, 0.3) is 0 Å². The number of piperidine rings is 1. The fourth-order valence-corrected chi connectivity index (χ4v) is 2.59. The van der Waals surface area contributed by atoms with E-state index in [9.17, 15) is 9.90 Å². The van der Waals surface area contributed by atoms with Gasteiger partial charge in [0, 0.05) is 24.8 Å². The van der Waals surface area contributed by atoms with E-state index in [1.54, 1.807) is 25.3 Å². The van der Waals surface area contributed by atoms with Gasteiger partial charge in [0.2, 0.25) is 0 Å². The fourth-order valence-electron chi connectivity index (χ4n) is 2.59. The number of β-amino-alcohol motifs (C(OH)–C–C–N with tert-alkyl or cyclic N) is 1. The number of ether oxygens (including phenoxy) is 1. The maximum atomic E-state index is 11.8. The lowest BCUT2D eigenvalue weighted by Crippen LogP contribution is -2.42. The van der Waals surface area contributed by atoms with E-state index in [1.165, 1.54) is 19.3 Å². The van der Waals surface area contributed by atoms with Crippen LogP contribution in [-0.4, -0.2) is 55.4 Å². The number of aliphatic hydroxyl groups excluding tert-OH is 1. The first kappa shape index (κ1) is 16.6. The van der Waals surface area contributed by atoms with Crippen LogP contribution in [0.15, 0.2) is 24.3 Å². The molecule has 0 radical (unpaired) electrons. The fraction of sp³-hybridized carbons (Fsp3) is 0.562. The van der Waals surface area contributed by atoms with E-state index >= 15 is 0 Å². The van der Waals surface area contributed by atoms with Crippen LogP contribution in [0, 0.1) is 0 Å². The molecule has 6 nitrogen and oxygen atoms in total. The van der Waals surface area contributed by atoms with Crippen molar-refractivity contribution in [1.82, 2.24) is 10.2 Å². The van der Waals surface area contributed by atoms with E-state index in [0.29, 0.717) is 18.0 Å². The predicted octanol–water partition coefficient (Wildman–Crippen LogP) is 1.66. The van der Waals surface area contributed by atoms with Crippen LogP contribution in [0.25, 0.3) is 0 Å². The van der Waals surface area contributed by atoms with Crippen molar-refractivity contribution in [1.29, 1.82) is 0 Å². The molecule has 0 aromatic heterocycles. The number of anilines is 1. The Labute approximate surface area is 131 Å². The molecule has 1 aliphatic heterocycles. The topological polar surface area (TPSA) is 73.8 Å². The number of carbonyl (C=O) groups excluding carboxylic acids is 1. The highest BCUT2D eigenvalue weighted by Crippen LogP contribution is 2.16. The molecule has 1 atom stereocenters. The molecule has 0 saturated carbocycles. The van der Waals surface area contributed by atoms with Crippen LogP contribution < -0.4 is 15.4 Å². The molecular formula is C16H25N3O3. The number of rotatable bonds is 6. The molecule has 22 heavy (non-hydrogen) atoms. The number of likely N-dealkylation sites (tertiary alicyclic amines) is 1. The summed E-state index contributed by atoms with van der Waals surface area (Å²) in [6, 6.07) is 6.81. The zero-order valence-corrected chi connectivity index (χ0v) is 13.0. The Morgan fingerprint density at radius 2 is 2.14 bits per heavy atom. The molecule has 1 fully saturated rings. The van der Waals surface area contributed by atoms with Crippen molar-refractivity contribution in [2.24, 2.45) is 0 Å². The standard InChI is InChI=1S/C16H25N3O3/c1-22-15-7-5-6-13(10-15)18-16(21)17-11-14(20)12-19-8-3-2-4-9-19/h5-7,10,14,20H,2-4,8-9,11-12H2,1H3,(H2,17,18,21)/t14-/m1/s1. The zero-order valence-electron chi connectivity index (χ0n) is 13.0. The van der Waals surface area contributed by atoms with Gasteiger partial charge in [-0.3, -0.25) is 0 Å². The first-order chi connectivity index (χ1) is 10.7. The smallest absolute Gasteiger partial charge is 0.319 e. The second kappa shape index (κ2) is 8.60. The van der Waals surface area contributed by atoms with Crippen LogP contribution in [0.4, 0.5) is 10.5 Å². The van der Waals surface area contributed by atoms with Gasteiger partial charge in [-0.05, 0) is 38.1 Å². The van der Waals surface area contributed by atoms with Crippen molar-refractivity contribution in [2.45, 2.75) is 25.4 Å². The Bertz CT molecular complexity index is 475. The lowest BCUT2D eigenvalue weighted by Gasteiger charge is -2.28. The summed E-state index contributed by atoms with van der Waals surface area (Å²) < 4.78 is 5.10. The van der Waals surface area contributed by atoms with Crippen LogP contribution in [0.1, 0.15) is 19.3 Å². The van der Waals surface area contributed by atoms with Crippen molar-refractivity contribution in [3.8, 4) is 5.75 Å². The highest BCUT2D eigenvalue weighted by atomic mass is 16.5. The molecule has 6 heteroatoms. The first-order valence-electron chi connectivity index (χ1n) is 7.76. The van der Waals surface area contributed by atoms with Crippen LogP contribution >= 0.6 is 0 Å². The van der Waals surface area contributed by atoms with Gasteiger partial charge >= 0.3 is 6.03 Å². The summed E-state index contributed by atoms with van der Waals surface area (Å²) in [6.45, 7) is 2.92. The molecule has 1 saturated heterocycles. The minimum Gasteiger partial charge on any atom is -0.497 e. The van der Waals surface area contributed by atoms with Crippen molar-refractivity contribution in [2.75, 3.05) is 38.6 Å². The minimum atomic E-state index is -0.547. The van der Waals surface area contributed by atoms with Crippen LogP contribution in [0.5, 0.6) is 5.75 Å². The number of nitrogens with one attached hydrogen (secondary N) is 2. The highest BCUT2D eigenvalue weighted by molar-refractivity contribution is 5.89. The third-order valence-corrected chi connectivity index (χ3v) is 3.74. The number of benzene rings is 1. The SMILES string of the molecule is COc1cccc(NC(=O)NC[C@@H](O)CN2CCCCC2)c1. The molecule has 1 heterocycles. The van der Waals surface area contributed by atoms with Gasteiger partial charge in [0.15, 0.2) is 0 Å². The van der Waals surface area contributed by atoms with Crippen molar-refractivity contribution < 1.29 is 14.6 Å². The Kier molecular flexibility index (Phi) is 6.48. The molecule has 0 aliphatic carbocycles. The van der Waals surface area contributed by atoms with Gasteiger partial charge in [0.1, 0.15) is 5.75 Å². The van der Waals surface area contributed by atoms with E-state index < -0.39 is 6.10 Å². The quantitative estimate of drug-likeness (QED) is 0.747. The Morgan fingerprint density at radius 3 is 2.86 bits per heavy atom. The number of nitrogens with zero attached hydrogens (tertiary/aromatic N) is 1. The Hall–Kier alpha value is -1.79. The Morgan fingerprint density at radius 1 is 1.36 bits per heavy atom. The van der Waals surface area contributed by atoms with E-state index in [-0.39, 0.29) is 12.6 Å². The molecule has 1 aromatic rings. The average molecular weight is 307 g/mol. The van der Waals surface area contributed by atoms with Gasteiger partial charge < -0.3 is 25.4 Å². The summed E-state index contributed by atoms with van der Waals surface area (Å²) in [4.78, 5) is 14.1. The zero-order chi connectivity index (χ0) is 15.8. The number of amides is 2. The van der Waals surface area contributed by atoms with Gasteiger partial charge in [-0.15, -0.1) is 0 Å². The van der Waals surface area contributed by atoms with Gasteiger partial charge in [-0.25, -0.2) is 4.79 Å². The summed E-state index contributed by atoms with van der Waals surface area (Å²) in [5, 5.41) is 15.4. The second-order valence-electron chi connectivity index (χ2n) is 5.58. The van der Waals surface area contributed by atoms with E-state index in [1.807, 2.05) is 6.07 Å². The molecule has 0 spiro atoms. The summed E-state index contributed by atoms with van der Waals surface area (Å²) in [7, 11) is 1.58. The van der Waals surface area contributed by atoms with Crippen LogP contribution in [-0.2, 0) is 0 Å². The first-order valence-corrected chi connectivity index (χ1v) is 7.76. The molecule has 2 rings (SSSR count). The second-order valence-corrected chi connectivity index (χ2v) is 5.58. The molecule has 0 unspecified atom stereocenters. The average Bonchev–Trinajstić information content (AvgIpc) is 2.54. The van der Waals surface area contributed by atoms with E-state index in [0.717, 1.165) is 13.1 Å². The maximum Gasteiger partial charge on any atom is 0.319 e. The Balaban J connectivity index is 1.70. The summed E-state index contributed by atoms with van der Waals surface area (Å²) in [6.07, 6.45) is 3.11. The highest BCUT2D eigenvalue weighted by Gasteiger charge is 2.15. The monoisotopic (exact) mass is 307 g/mol. The van der Waals surface area contributed by atoms with Crippen LogP contribution in [0.3, 0.4) is 0 Å². The lowest BCUT2D eigenvalue weighted by molar-refractivity contribution is 0.102. The summed E-state index contributed by atoms with van der Waals surface area (Å²) in [5.41, 5.74) is 0.655. The third kappa shape index (κ3) is 5.54. The molecule has 0 bridgehead atoms. The molecule has 2 amide bonds. The van der Waals surface area contributed by atoms with Gasteiger partial charge in [-0.1, -0.05) is 12.5 Å². The third-order valence-electron chi connectivity index (χ3n) is 3.74. The number of urea groups is 1. The molecular weight excluding hydrogens is 282 g/mol. The van der Waals surface area contributed by atoms with Crippen LogP contribution in [0.2, 0.25) is 0 Å². The number of methoxy groups -OCH3 is 1. The van der Waals surface area contributed by atoms with Crippen molar-refractivity contribution in [3.05, 3.63) is 24.3 Å². The normalized spacial score (nSPS) is 16.8. The number of hydrogen-bond acceptors (Lipinski definition) is 4. The maximum absolute atomic E-state index is 11.8. The minimum absolute atomic E-state index is 0.242. The van der Waals surface area contributed by atoms with Gasteiger partial charge in [0.05, 0.1) is 13.2 Å². The predicted molar refractivity (Wildman–Crippen MR) is 86.3 cm³/mol. The number of aliphatic hydroxyl groups is 1. The van der Waals surface area contributed by atoms with Crippen molar-refractivity contribution in [3.63, 3.8) is 0 Å². The largest absolute Gasteiger partial charge is 0.497 e. The van der Waals surface area contributed by atoms with Gasteiger partial charge in [-0.2, -0.15) is 0 Å². The molecule has 1 aromatic carbocycles.